The molecule has 0 N–H and O–H groups in total. The lowest BCUT2D eigenvalue weighted by molar-refractivity contribution is 0.101. The minimum Gasteiger partial charge on any atom is -0.381 e. The van der Waals surface area contributed by atoms with Crippen LogP contribution in [0.2, 0.25) is 0 Å². The highest BCUT2D eigenvalue weighted by atomic mass is 32.2. The molecular formula is C14H19NO4S. The number of sulfonamides is 1. The third kappa shape index (κ3) is 3.26. The Morgan fingerprint density at radius 3 is 2.50 bits per heavy atom. The molecular weight excluding hydrogens is 278 g/mol. The maximum absolute atomic E-state index is 12.4. The Bertz CT molecular complexity index is 574. The Morgan fingerprint density at radius 2 is 2.00 bits per heavy atom. The number of hydrogen-bond acceptors (Lipinski definition) is 4. The summed E-state index contributed by atoms with van der Waals surface area (Å²) in [5, 5.41) is 0. The molecule has 0 radical (unpaired) electrons. The molecule has 0 amide bonds. The summed E-state index contributed by atoms with van der Waals surface area (Å²) in [6.45, 7) is 3.22. The molecule has 2 rings (SSSR count). The minimum absolute atomic E-state index is 0.0783. The van der Waals surface area contributed by atoms with Crippen molar-refractivity contribution in [1.82, 2.24) is 4.31 Å². The lowest BCUT2D eigenvalue weighted by Gasteiger charge is -2.20. The van der Waals surface area contributed by atoms with Gasteiger partial charge in [0.2, 0.25) is 10.0 Å². The highest BCUT2D eigenvalue weighted by Gasteiger charge is 2.25. The Balaban J connectivity index is 2.13. The van der Waals surface area contributed by atoms with Gasteiger partial charge in [0.25, 0.3) is 0 Å². The van der Waals surface area contributed by atoms with Gasteiger partial charge in [-0.25, -0.2) is 12.7 Å². The Hall–Kier alpha value is -1.24. The molecule has 0 spiro atoms. The van der Waals surface area contributed by atoms with Gasteiger partial charge < -0.3 is 4.74 Å². The van der Waals surface area contributed by atoms with Crippen LogP contribution in [0.1, 0.15) is 23.7 Å². The zero-order valence-corrected chi connectivity index (χ0v) is 12.5. The average Bonchev–Trinajstić information content (AvgIpc) is 2.91. The van der Waals surface area contributed by atoms with E-state index in [1.807, 2.05) is 0 Å². The SMILES string of the molecule is CC(=O)c1ccc(S(=O)(=O)N(C)CC2CCOC2)cc1. The number of ketones is 1. The Labute approximate surface area is 119 Å². The van der Waals surface area contributed by atoms with Crippen LogP contribution in [0, 0.1) is 5.92 Å². The van der Waals surface area contributed by atoms with Gasteiger partial charge in [0.05, 0.1) is 11.5 Å². The summed E-state index contributed by atoms with van der Waals surface area (Å²) < 4.78 is 31.4. The summed E-state index contributed by atoms with van der Waals surface area (Å²) in [5.41, 5.74) is 0.510. The van der Waals surface area contributed by atoms with Crippen molar-refractivity contribution in [3.63, 3.8) is 0 Å². The molecule has 0 aromatic heterocycles. The van der Waals surface area contributed by atoms with E-state index in [2.05, 4.69) is 0 Å². The first-order valence-corrected chi connectivity index (χ1v) is 8.00. The Kier molecular flexibility index (Phi) is 4.57. The van der Waals surface area contributed by atoms with Crippen LogP contribution in [0.25, 0.3) is 0 Å². The van der Waals surface area contributed by atoms with Crippen molar-refractivity contribution in [3.8, 4) is 0 Å². The maximum atomic E-state index is 12.4. The molecule has 1 heterocycles. The van der Waals surface area contributed by atoms with Gasteiger partial charge >= 0.3 is 0 Å². The number of carbonyl (C=O) groups is 1. The van der Waals surface area contributed by atoms with Gasteiger partial charge in [0.1, 0.15) is 0 Å². The molecule has 1 unspecified atom stereocenters. The first-order chi connectivity index (χ1) is 9.41. The molecule has 110 valence electrons. The van der Waals surface area contributed by atoms with Crippen molar-refractivity contribution in [3.05, 3.63) is 29.8 Å². The predicted molar refractivity (Wildman–Crippen MR) is 75.2 cm³/mol. The predicted octanol–water partition coefficient (Wildman–Crippen LogP) is 1.55. The summed E-state index contributed by atoms with van der Waals surface area (Å²) in [6.07, 6.45) is 0.892. The summed E-state index contributed by atoms with van der Waals surface area (Å²) >= 11 is 0. The second-order valence-electron chi connectivity index (χ2n) is 5.10. The number of ether oxygens (including phenoxy) is 1. The molecule has 0 saturated carbocycles. The number of rotatable bonds is 5. The Morgan fingerprint density at radius 1 is 1.35 bits per heavy atom. The molecule has 1 aliphatic rings. The third-order valence-corrected chi connectivity index (χ3v) is 5.35. The molecule has 1 aromatic rings. The van der Waals surface area contributed by atoms with Crippen LogP contribution in [-0.4, -0.2) is 45.3 Å². The summed E-state index contributed by atoms with van der Waals surface area (Å²) in [5.74, 6) is 0.177. The monoisotopic (exact) mass is 297 g/mol. The van der Waals surface area contributed by atoms with Crippen LogP contribution >= 0.6 is 0 Å². The van der Waals surface area contributed by atoms with Gasteiger partial charge in [-0.15, -0.1) is 0 Å². The second kappa shape index (κ2) is 6.03. The van der Waals surface area contributed by atoms with E-state index in [0.29, 0.717) is 25.3 Å². The van der Waals surface area contributed by atoms with Crippen molar-refractivity contribution in [2.45, 2.75) is 18.2 Å². The molecule has 1 aliphatic heterocycles. The lowest BCUT2D eigenvalue weighted by atomic mass is 10.1. The molecule has 6 heteroatoms. The van der Waals surface area contributed by atoms with Crippen LogP contribution in [0.4, 0.5) is 0 Å². The van der Waals surface area contributed by atoms with Gasteiger partial charge in [-0.05, 0) is 31.4 Å². The van der Waals surface area contributed by atoms with E-state index < -0.39 is 10.0 Å². The molecule has 1 atom stereocenters. The van der Waals surface area contributed by atoms with Gasteiger partial charge in [0.15, 0.2) is 5.78 Å². The van der Waals surface area contributed by atoms with Crippen LogP contribution < -0.4 is 0 Å². The van der Waals surface area contributed by atoms with Crippen molar-refractivity contribution in [2.75, 3.05) is 26.8 Å². The second-order valence-corrected chi connectivity index (χ2v) is 7.14. The first-order valence-electron chi connectivity index (χ1n) is 6.56. The van der Waals surface area contributed by atoms with Crippen LogP contribution in [0.5, 0.6) is 0 Å². The van der Waals surface area contributed by atoms with E-state index in [1.54, 1.807) is 19.2 Å². The standard InChI is InChI=1S/C14H19NO4S/c1-11(16)13-3-5-14(6-4-13)20(17,18)15(2)9-12-7-8-19-10-12/h3-6,12H,7-10H2,1-2H3. The minimum atomic E-state index is -3.50. The van der Waals surface area contributed by atoms with Crippen molar-refractivity contribution >= 4 is 15.8 Å². The molecule has 0 aliphatic carbocycles. The van der Waals surface area contributed by atoms with E-state index in [1.165, 1.54) is 23.4 Å². The van der Waals surface area contributed by atoms with Crippen LogP contribution in [0.15, 0.2) is 29.2 Å². The average molecular weight is 297 g/mol. The maximum Gasteiger partial charge on any atom is 0.242 e. The first kappa shape index (κ1) is 15.2. The number of Topliss-reactive ketones (excluding diaryl/α,β-unsaturated/α-hetero) is 1. The van der Waals surface area contributed by atoms with E-state index in [4.69, 9.17) is 4.74 Å². The number of carbonyl (C=O) groups excluding carboxylic acids is 1. The van der Waals surface area contributed by atoms with Gasteiger partial charge in [0, 0.05) is 25.8 Å². The molecule has 1 aromatic carbocycles. The highest BCUT2D eigenvalue weighted by molar-refractivity contribution is 7.89. The quantitative estimate of drug-likeness (QED) is 0.774. The van der Waals surface area contributed by atoms with Gasteiger partial charge in [-0.2, -0.15) is 0 Å². The highest BCUT2D eigenvalue weighted by Crippen LogP contribution is 2.19. The van der Waals surface area contributed by atoms with Gasteiger partial charge in [-0.3, -0.25) is 4.79 Å². The normalized spacial score (nSPS) is 19.4. The number of nitrogens with zero attached hydrogens (tertiary/aromatic N) is 1. The van der Waals surface area contributed by atoms with E-state index in [9.17, 15) is 13.2 Å². The summed E-state index contributed by atoms with van der Waals surface area (Å²) in [7, 11) is -1.93. The molecule has 1 saturated heterocycles. The lowest BCUT2D eigenvalue weighted by Crippen LogP contribution is -2.32. The largest absolute Gasteiger partial charge is 0.381 e. The summed E-state index contributed by atoms with van der Waals surface area (Å²) in [6, 6.07) is 6.05. The molecule has 20 heavy (non-hydrogen) atoms. The topological polar surface area (TPSA) is 63.7 Å². The van der Waals surface area contributed by atoms with Gasteiger partial charge in [-0.1, -0.05) is 12.1 Å². The van der Waals surface area contributed by atoms with Crippen molar-refractivity contribution in [1.29, 1.82) is 0 Å². The fourth-order valence-electron chi connectivity index (χ4n) is 2.23. The van der Waals surface area contributed by atoms with E-state index in [0.717, 1.165) is 6.42 Å². The van der Waals surface area contributed by atoms with E-state index >= 15 is 0 Å². The zero-order valence-electron chi connectivity index (χ0n) is 11.7. The van der Waals surface area contributed by atoms with Crippen LogP contribution in [-0.2, 0) is 14.8 Å². The van der Waals surface area contributed by atoms with Crippen molar-refractivity contribution in [2.24, 2.45) is 5.92 Å². The molecule has 5 nitrogen and oxygen atoms in total. The number of benzene rings is 1. The summed E-state index contributed by atoms with van der Waals surface area (Å²) in [4.78, 5) is 11.4. The van der Waals surface area contributed by atoms with Crippen molar-refractivity contribution < 1.29 is 17.9 Å². The molecule has 0 bridgehead atoms. The fraction of sp³-hybridized carbons (Fsp3) is 0.500. The third-order valence-electron chi connectivity index (χ3n) is 3.51. The smallest absolute Gasteiger partial charge is 0.242 e. The van der Waals surface area contributed by atoms with Crippen LogP contribution in [0.3, 0.4) is 0 Å². The number of hydrogen-bond donors (Lipinski definition) is 0. The fourth-order valence-corrected chi connectivity index (χ4v) is 3.48. The molecule has 1 fully saturated rings. The zero-order chi connectivity index (χ0) is 14.8. The van der Waals surface area contributed by atoms with E-state index in [-0.39, 0.29) is 16.6 Å².